The van der Waals surface area contributed by atoms with Crippen LogP contribution in [0.25, 0.3) is 11.1 Å². The van der Waals surface area contributed by atoms with Crippen molar-refractivity contribution in [3.05, 3.63) is 39.8 Å². The molecule has 0 bridgehead atoms. The number of hydrogen-bond acceptors (Lipinski definition) is 7. The van der Waals surface area contributed by atoms with Crippen LogP contribution in [0.15, 0.2) is 23.0 Å². The molecule has 0 spiro atoms. The van der Waals surface area contributed by atoms with Crippen LogP contribution in [0.5, 0.6) is 17.2 Å². The van der Waals surface area contributed by atoms with Gasteiger partial charge in [-0.3, -0.25) is 4.79 Å². The van der Waals surface area contributed by atoms with Crippen molar-refractivity contribution in [3.63, 3.8) is 0 Å². The second kappa shape index (κ2) is 8.05. The number of nitrogens with zero attached hydrogens (tertiary/aromatic N) is 1. The quantitative estimate of drug-likeness (QED) is 0.632. The second-order valence-corrected chi connectivity index (χ2v) is 6.96. The number of ether oxygens (including phenoxy) is 4. The van der Waals surface area contributed by atoms with Gasteiger partial charge in [0.15, 0.2) is 11.5 Å². The highest BCUT2D eigenvalue weighted by Crippen LogP contribution is 2.42. The summed E-state index contributed by atoms with van der Waals surface area (Å²) in [6.45, 7) is 6.85. The molecule has 148 valence electrons. The van der Waals surface area contributed by atoms with Crippen molar-refractivity contribution in [1.29, 1.82) is 5.26 Å². The molecule has 8 nitrogen and oxygen atoms in total. The first-order chi connectivity index (χ1) is 13.1. The first-order valence-corrected chi connectivity index (χ1v) is 8.41. The van der Waals surface area contributed by atoms with Gasteiger partial charge in [-0.25, -0.2) is 4.79 Å². The van der Waals surface area contributed by atoms with E-state index in [4.69, 9.17) is 18.9 Å². The molecular weight excluding hydrogens is 364 g/mol. The zero-order valence-corrected chi connectivity index (χ0v) is 16.6. The number of benzene rings is 1. The number of methoxy groups -OCH3 is 2. The molecule has 1 aromatic carbocycles. The standard InChI is InChI=1S/C20H22N2O6/c1-11-7-13(14(10-21)18(23)22-11)12-8-15(25-5)17(16(9-12)26-6)27-19(24)28-20(2,3)4/h7-9H,1-6H3,(H,22,23). The number of H-pyrrole nitrogens is 1. The van der Waals surface area contributed by atoms with E-state index in [1.54, 1.807) is 45.9 Å². The highest BCUT2D eigenvalue weighted by Gasteiger charge is 2.24. The van der Waals surface area contributed by atoms with Crippen LogP contribution in [0.4, 0.5) is 4.79 Å². The van der Waals surface area contributed by atoms with Crippen molar-refractivity contribution < 1.29 is 23.7 Å². The number of nitriles is 1. The third kappa shape index (κ3) is 4.62. The summed E-state index contributed by atoms with van der Waals surface area (Å²) in [4.78, 5) is 26.7. The number of aromatic nitrogens is 1. The lowest BCUT2D eigenvalue weighted by Gasteiger charge is -2.20. The zero-order chi connectivity index (χ0) is 21.1. The lowest BCUT2D eigenvalue weighted by molar-refractivity contribution is 0.0195. The van der Waals surface area contributed by atoms with Gasteiger partial charge < -0.3 is 23.9 Å². The van der Waals surface area contributed by atoms with E-state index >= 15 is 0 Å². The third-order valence-electron chi connectivity index (χ3n) is 3.63. The predicted octanol–water partition coefficient (Wildman–Crippen LogP) is 3.55. The summed E-state index contributed by atoms with van der Waals surface area (Å²) >= 11 is 0. The summed E-state index contributed by atoms with van der Waals surface area (Å²) in [7, 11) is 2.80. The SMILES string of the molecule is COc1cc(-c2cc(C)[nH]c(=O)c2C#N)cc(OC)c1OC(=O)OC(C)(C)C. The summed E-state index contributed by atoms with van der Waals surface area (Å²) in [6, 6.07) is 6.68. The molecule has 0 amide bonds. The van der Waals surface area contributed by atoms with Gasteiger partial charge in [-0.05, 0) is 51.5 Å². The van der Waals surface area contributed by atoms with E-state index in [2.05, 4.69) is 4.98 Å². The van der Waals surface area contributed by atoms with Gasteiger partial charge in [-0.15, -0.1) is 0 Å². The van der Waals surface area contributed by atoms with Crippen LogP contribution in [0.1, 0.15) is 32.0 Å². The molecule has 0 aliphatic carbocycles. The van der Waals surface area contributed by atoms with E-state index in [0.29, 0.717) is 16.8 Å². The van der Waals surface area contributed by atoms with Crippen LogP contribution < -0.4 is 19.8 Å². The number of rotatable bonds is 4. The fourth-order valence-electron chi connectivity index (χ4n) is 2.52. The molecule has 0 fully saturated rings. The van der Waals surface area contributed by atoms with Crippen LogP contribution in [0.2, 0.25) is 0 Å². The highest BCUT2D eigenvalue weighted by atomic mass is 16.7. The molecule has 0 aliphatic rings. The molecule has 28 heavy (non-hydrogen) atoms. The van der Waals surface area contributed by atoms with Gasteiger partial charge in [-0.1, -0.05) is 0 Å². The lowest BCUT2D eigenvalue weighted by Crippen LogP contribution is -2.26. The molecule has 0 atom stereocenters. The Morgan fingerprint density at radius 1 is 1.11 bits per heavy atom. The maximum atomic E-state index is 12.1. The molecule has 1 heterocycles. The molecule has 8 heteroatoms. The Morgan fingerprint density at radius 3 is 2.14 bits per heavy atom. The maximum Gasteiger partial charge on any atom is 0.514 e. The molecule has 0 unspecified atom stereocenters. The Morgan fingerprint density at radius 2 is 1.68 bits per heavy atom. The molecule has 0 aliphatic heterocycles. The van der Waals surface area contributed by atoms with E-state index in [1.807, 2.05) is 6.07 Å². The molecular formula is C20H22N2O6. The lowest BCUT2D eigenvalue weighted by atomic mass is 10.00. The minimum Gasteiger partial charge on any atom is -0.493 e. The number of carbonyl (C=O) groups excluding carboxylic acids is 1. The van der Waals surface area contributed by atoms with Crippen LogP contribution in [-0.4, -0.2) is 31.0 Å². The first kappa shape index (κ1) is 20.8. The molecule has 2 rings (SSSR count). The smallest absolute Gasteiger partial charge is 0.493 e. The third-order valence-corrected chi connectivity index (χ3v) is 3.63. The molecule has 2 aromatic rings. The van der Waals surface area contributed by atoms with Crippen molar-refractivity contribution in [2.75, 3.05) is 14.2 Å². The van der Waals surface area contributed by atoms with Crippen LogP contribution >= 0.6 is 0 Å². The van der Waals surface area contributed by atoms with Crippen LogP contribution in [0, 0.1) is 18.3 Å². The zero-order valence-electron chi connectivity index (χ0n) is 16.6. The maximum absolute atomic E-state index is 12.1. The number of aryl methyl sites for hydroxylation is 1. The van der Waals surface area contributed by atoms with Crippen molar-refractivity contribution in [1.82, 2.24) is 4.98 Å². The normalized spacial score (nSPS) is 10.8. The van der Waals surface area contributed by atoms with Crippen molar-refractivity contribution in [2.24, 2.45) is 0 Å². The minimum absolute atomic E-state index is 0.0306. The Kier molecular flexibility index (Phi) is 5.99. The Labute approximate surface area is 162 Å². The van der Waals surface area contributed by atoms with Crippen molar-refractivity contribution in [3.8, 4) is 34.4 Å². The Hall–Kier alpha value is -3.47. The largest absolute Gasteiger partial charge is 0.514 e. The van der Waals surface area contributed by atoms with Gasteiger partial charge in [0.25, 0.3) is 5.56 Å². The van der Waals surface area contributed by atoms with Crippen molar-refractivity contribution in [2.45, 2.75) is 33.3 Å². The summed E-state index contributed by atoms with van der Waals surface area (Å²) in [5.41, 5.74) is 0.216. The van der Waals surface area contributed by atoms with Crippen LogP contribution in [-0.2, 0) is 4.74 Å². The van der Waals surface area contributed by atoms with E-state index in [1.165, 1.54) is 14.2 Å². The van der Waals surface area contributed by atoms with Gasteiger partial charge in [0.1, 0.15) is 17.2 Å². The van der Waals surface area contributed by atoms with Gasteiger partial charge in [0.05, 0.1) is 14.2 Å². The molecule has 0 saturated carbocycles. The Balaban J connectivity index is 2.60. The van der Waals surface area contributed by atoms with Gasteiger partial charge in [0.2, 0.25) is 5.75 Å². The van der Waals surface area contributed by atoms with Gasteiger partial charge in [-0.2, -0.15) is 5.26 Å². The number of pyridine rings is 1. The molecule has 0 radical (unpaired) electrons. The topological polar surface area (TPSA) is 111 Å². The highest BCUT2D eigenvalue weighted by molar-refractivity contribution is 5.77. The molecule has 1 aromatic heterocycles. The first-order valence-electron chi connectivity index (χ1n) is 8.41. The summed E-state index contributed by atoms with van der Waals surface area (Å²) < 4.78 is 21.1. The summed E-state index contributed by atoms with van der Waals surface area (Å²) in [5, 5.41) is 9.37. The Bertz CT molecular complexity index is 970. The van der Waals surface area contributed by atoms with Crippen molar-refractivity contribution >= 4 is 6.16 Å². The summed E-state index contributed by atoms with van der Waals surface area (Å²) in [6.07, 6.45) is -0.915. The van der Waals surface area contributed by atoms with Gasteiger partial charge >= 0.3 is 6.16 Å². The average Bonchev–Trinajstić information content (AvgIpc) is 2.59. The summed E-state index contributed by atoms with van der Waals surface area (Å²) in [5.74, 6) is 0.395. The fraction of sp³-hybridized carbons (Fsp3) is 0.350. The number of carbonyl (C=O) groups is 1. The molecule has 0 saturated heterocycles. The number of nitrogens with one attached hydrogen (secondary N) is 1. The minimum atomic E-state index is -0.915. The number of aromatic amines is 1. The van der Waals surface area contributed by atoms with E-state index < -0.39 is 17.3 Å². The second-order valence-electron chi connectivity index (χ2n) is 6.96. The van der Waals surface area contributed by atoms with Gasteiger partial charge in [0, 0.05) is 11.3 Å². The fourth-order valence-corrected chi connectivity index (χ4v) is 2.52. The van der Waals surface area contributed by atoms with Crippen LogP contribution in [0.3, 0.4) is 0 Å². The monoisotopic (exact) mass is 386 g/mol. The predicted molar refractivity (Wildman–Crippen MR) is 102 cm³/mol. The van der Waals surface area contributed by atoms with E-state index in [0.717, 1.165) is 0 Å². The molecule has 1 N–H and O–H groups in total. The average molecular weight is 386 g/mol. The van der Waals surface area contributed by atoms with E-state index in [9.17, 15) is 14.9 Å². The van der Waals surface area contributed by atoms with E-state index in [-0.39, 0.29) is 22.8 Å². The number of hydrogen-bond donors (Lipinski definition) is 1.